The monoisotopic (exact) mass is 276 g/mol. The zero-order valence-corrected chi connectivity index (χ0v) is 11.3. The number of methoxy groups -OCH3 is 3. The highest BCUT2D eigenvalue weighted by Crippen LogP contribution is 2.16. The molecule has 0 saturated carbocycles. The Labute approximate surface area is 111 Å². The highest BCUT2D eigenvalue weighted by Gasteiger charge is 2.44. The van der Waals surface area contributed by atoms with Crippen molar-refractivity contribution in [3.63, 3.8) is 0 Å². The van der Waals surface area contributed by atoms with E-state index in [-0.39, 0.29) is 19.3 Å². The number of hydrogen-bond donors (Lipinski definition) is 2. The molecule has 19 heavy (non-hydrogen) atoms. The Morgan fingerprint density at radius 3 is 1.89 bits per heavy atom. The Kier molecular flexibility index (Phi) is 7.02. The molecule has 4 N–H and O–H groups in total. The average Bonchev–Trinajstić information content (AvgIpc) is 2.43. The van der Waals surface area contributed by atoms with Crippen LogP contribution >= 0.6 is 0 Å². The quantitative estimate of drug-likeness (QED) is 0.333. The Bertz CT molecular complexity index is 328. The van der Waals surface area contributed by atoms with Crippen molar-refractivity contribution in [2.75, 3.05) is 21.3 Å². The van der Waals surface area contributed by atoms with E-state index in [0.29, 0.717) is 0 Å². The summed E-state index contributed by atoms with van der Waals surface area (Å²) in [4.78, 5) is 34.1. The highest BCUT2D eigenvalue weighted by atomic mass is 16.5. The summed E-state index contributed by atoms with van der Waals surface area (Å²) < 4.78 is 13.4. The minimum atomic E-state index is -1.89. The molecule has 1 unspecified atom stereocenters. The van der Waals surface area contributed by atoms with Gasteiger partial charge in [-0.25, -0.2) is 9.59 Å². The second kappa shape index (κ2) is 7.70. The van der Waals surface area contributed by atoms with Crippen LogP contribution in [0.15, 0.2) is 0 Å². The van der Waals surface area contributed by atoms with Gasteiger partial charge in [-0.05, 0) is 19.3 Å². The third-order valence-corrected chi connectivity index (χ3v) is 2.69. The number of ether oxygens (including phenoxy) is 3. The van der Waals surface area contributed by atoms with Gasteiger partial charge in [-0.3, -0.25) is 4.79 Å². The molecule has 0 fully saturated rings. The van der Waals surface area contributed by atoms with Crippen LogP contribution in [-0.4, -0.2) is 50.8 Å². The van der Waals surface area contributed by atoms with E-state index in [4.69, 9.17) is 11.5 Å². The maximum Gasteiger partial charge on any atom is 0.337 e. The van der Waals surface area contributed by atoms with E-state index in [1.807, 2.05) is 0 Å². The molecule has 0 spiro atoms. The van der Waals surface area contributed by atoms with Crippen LogP contribution in [0.4, 0.5) is 0 Å². The van der Waals surface area contributed by atoms with Crippen LogP contribution in [-0.2, 0) is 28.6 Å². The van der Waals surface area contributed by atoms with E-state index in [0.717, 1.165) is 14.2 Å². The predicted molar refractivity (Wildman–Crippen MR) is 64.8 cm³/mol. The number of carbonyl (C=O) groups is 3. The predicted octanol–water partition coefficient (Wildman–Crippen LogP) is -1.30. The summed E-state index contributed by atoms with van der Waals surface area (Å²) in [5.41, 5.74) is 9.33. The van der Waals surface area contributed by atoms with Crippen LogP contribution in [0.5, 0.6) is 0 Å². The van der Waals surface area contributed by atoms with Crippen LogP contribution in [0.25, 0.3) is 0 Å². The maximum absolute atomic E-state index is 11.5. The van der Waals surface area contributed by atoms with Crippen LogP contribution in [0.3, 0.4) is 0 Å². The van der Waals surface area contributed by atoms with Crippen molar-refractivity contribution in [2.24, 2.45) is 11.5 Å². The van der Waals surface area contributed by atoms with Gasteiger partial charge in [0.2, 0.25) is 5.54 Å². The summed E-state index contributed by atoms with van der Waals surface area (Å²) in [6, 6.07) is -0.829. The van der Waals surface area contributed by atoms with E-state index >= 15 is 0 Å². The zero-order chi connectivity index (χ0) is 15.1. The fourth-order valence-corrected chi connectivity index (χ4v) is 1.52. The summed E-state index contributed by atoms with van der Waals surface area (Å²) in [5, 5.41) is 0. The minimum Gasteiger partial charge on any atom is -0.468 e. The molecule has 0 aromatic heterocycles. The molecule has 8 heteroatoms. The number of esters is 3. The lowest BCUT2D eigenvalue weighted by molar-refractivity contribution is -0.161. The lowest BCUT2D eigenvalue weighted by Crippen LogP contribution is -2.56. The first-order chi connectivity index (χ1) is 8.83. The lowest BCUT2D eigenvalue weighted by Gasteiger charge is -2.23. The topological polar surface area (TPSA) is 131 Å². The summed E-state index contributed by atoms with van der Waals surface area (Å²) in [6.45, 7) is 0. The van der Waals surface area contributed by atoms with Crippen LogP contribution in [0.2, 0.25) is 0 Å². The van der Waals surface area contributed by atoms with Gasteiger partial charge < -0.3 is 25.7 Å². The van der Waals surface area contributed by atoms with Crippen molar-refractivity contribution in [1.82, 2.24) is 0 Å². The normalized spacial score (nSPS) is 12.5. The highest BCUT2D eigenvalue weighted by molar-refractivity contribution is 6.04. The Morgan fingerprint density at radius 2 is 1.53 bits per heavy atom. The van der Waals surface area contributed by atoms with Crippen molar-refractivity contribution in [1.29, 1.82) is 0 Å². The molecule has 0 amide bonds. The average molecular weight is 276 g/mol. The van der Waals surface area contributed by atoms with Gasteiger partial charge in [0, 0.05) is 0 Å². The van der Waals surface area contributed by atoms with Crippen molar-refractivity contribution >= 4 is 17.9 Å². The number of nitrogens with two attached hydrogens (primary N) is 2. The van der Waals surface area contributed by atoms with Crippen molar-refractivity contribution in [2.45, 2.75) is 30.8 Å². The molecular formula is C11H20N2O6. The van der Waals surface area contributed by atoms with Gasteiger partial charge >= 0.3 is 17.9 Å². The first-order valence-corrected chi connectivity index (χ1v) is 5.62. The number of hydrogen-bond acceptors (Lipinski definition) is 8. The van der Waals surface area contributed by atoms with Crippen molar-refractivity contribution in [3.8, 4) is 0 Å². The van der Waals surface area contributed by atoms with Gasteiger partial charge in [-0.1, -0.05) is 0 Å². The SMILES string of the molecule is COC(=O)C(N)CCCC(N)(C(=O)OC)C(=O)OC. The molecule has 0 rings (SSSR count). The minimum absolute atomic E-state index is 0.0446. The first kappa shape index (κ1) is 17.3. The van der Waals surface area contributed by atoms with Crippen LogP contribution in [0, 0.1) is 0 Å². The third-order valence-electron chi connectivity index (χ3n) is 2.69. The molecule has 0 bridgehead atoms. The van der Waals surface area contributed by atoms with Gasteiger partial charge in [0.05, 0.1) is 21.3 Å². The molecular weight excluding hydrogens is 256 g/mol. The van der Waals surface area contributed by atoms with E-state index < -0.39 is 29.5 Å². The molecule has 0 aromatic carbocycles. The van der Waals surface area contributed by atoms with Gasteiger partial charge in [0.15, 0.2) is 0 Å². The third kappa shape index (κ3) is 4.49. The largest absolute Gasteiger partial charge is 0.468 e. The second-order valence-corrected chi connectivity index (χ2v) is 3.98. The number of rotatable bonds is 7. The van der Waals surface area contributed by atoms with E-state index in [9.17, 15) is 14.4 Å². The molecule has 1 atom stereocenters. The summed E-state index contributed by atoms with van der Waals surface area (Å²) in [6.07, 6.45) is 0.438. The van der Waals surface area contributed by atoms with E-state index in [1.165, 1.54) is 7.11 Å². The smallest absolute Gasteiger partial charge is 0.337 e. The molecule has 110 valence electrons. The Hall–Kier alpha value is -1.67. The standard InChI is InChI=1S/C11H20N2O6/c1-17-8(14)7(12)5-4-6-11(13,9(15)18-2)10(16)19-3/h7H,4-6,12-13H2,1-3H3. The zero-order valence-electron chi connectivity index (χ0n) is 11.3. The maximum atomic E-state index is 11.5. The van der Waals surface area contributed by atoms with Gasteiger partial charge in [0.1, 0.15) is 6.04 Å². The summed E-state index contributed by atoms with van der Waals surface area (Å²) >= 11 is 0. The van der Waals surface area contributed by atoms with Gasteiger partial charge in [-0.15, -0.1) is 0 Å². The fourth-order valence-electron chi connectivity index (χ4n) is 1.52. The molecule has 8 nitrogen and oxygen atoms in total. The molecule has 0 radical (unpaired) electrons. The van der Waals surface area contributed by atoms with Gasteiger partial charge in [-0.2, -0.15) is 0 Å². The number of carbonyl (C=O) groups excluding carboxylic acids is 3. The van der Waals surface area contributed by atoms with Crippen LogP contribution in [0.1, 0.15) is 19.3 Å². The molecule has 0 aromatic rings. The van der Waals surface area contributed by atoms with Gasteiger partial charge in [0.25, 0.3) is 0 Å². The summed E-state index contributed by atoms with van der Waals surface area (Å²) in [5.74, 6) is -2.37. The first-order valence-electron chi connectivity index (χ1n) is 5.62. The lowest BCUT2D eigenvalue weighted by atomic mass is 9.92. The second-order valence-electron chi connectivity index (χ2n) is 3.98. The molecule has 0 saturated heterocycles. The fraction of sp³-hybridized carbons (Fsp3) is 0.727. The van der Waals surface area contributed by atoms with Crippen molar-refractivity contribution in [3.05, 3.63) is 0 Å². The Morgan fingerprint density at radius 1 is 1.05 bits per heavy atom. The summed E-state index contributed by atoms with van der Waals surface area (Å²) in [7, 11) is 3.46. The van der Waals surface area contributed by atoms with E-state index in [2.05, 4.69) is 14.2 Å². The molecule has 0 aliphatic carbocycles. The molecule has 0 aliphatic rings. The van der Waals surface area contributed by atoms with Crippen molar-refractivity contribution < 1.29 is 28.6 Å². The molecule has 0 heterocycles. The Balaban J connectivity index is 4.57. The molecule has 0 aliphatic heterocycles. The van der Waals surface area contributed by atoms with Crippen LogP contribution < -0.4 is 11.5 Å². The van der Waals surface area contributed by atoms with E-state index in [1.54, 1.807) is 0 Å².